The summed E-state index contributed by atoms with van der Waals surface area (Å²) in [6.07, 6.45) is 1.14. The largest absolute Gasteiger partial charge is 0.572 e. The lowest BCUT2D eigenvalue weighted by molar-refractivity contribution is 0.152. The highest BCUT2D eigenvalue weighted by Crippen LogP contribution is 2.29. The third-order valence-electron chi connectivity index (χ3n) is 3.43. The number of hydrogen-bond acceptors (Lipinski definition) is 7. The summed E-state index contributed by atoms with van der Waals surface area (Å²) in [6, 6.07) is 1.03. The molecule has 0 amide bonds. The van der Waals surface area contributed by atoms with Crippen molar-refractivity contribution in [1.29, 1.82) is 0 Å². The average molecular weight is 328 g/mol. The van der Waals surface area contributed by atoms with Crippen molar-refractivity contribution in [3.05, 3.63) is 0 Å². The lowest BCUT2D eigenvalue weighted by atomic mass is 10.5. The Balaban J connectivity index is 2.48. The molecule has 0 aromatic rings. The van der Waals surface area contributed by atoms with Gasteiger partial charge < -0.3 is 22.1 Å². The molecule has 0 aromatic carbocycles. The molecule has 9 heteroatoms. The van der Waals surface area contributed by atoms with Crippen LogP contribution in [0.5, 0.6) is 0 Å². The molecule has 1 aliphatic heterocycles. The van der Waals surface area contributed by atoms with Crippen LogP contribution in [-0.2, 0) is 22.1 Å². The van der Waals surface area contributed by atoms with Gasteiger partial charge in [0, 0.05) is 53.9 Å². The van der Waals surface area contributed by atoms with E-state index in [1.165, 1.54) is 0 Å². The summed E-state index contributed by atoms with van der Waals surface area (Å²) in [6.45, 7) is 1.94. The fraction of sp³-hybridized carbons (Fsp3) is 1.00. The highest BCUT2D eigenvalue weighted by atomic mass is 32.4. The van der Waals surface area contributed by atoms with E-state index in [1.807, 2.05) is 0 Å². The summed E-state index contributed by atoms with van der Waals surface area (Å²) in [4.78, 5) is 0. The second-order valence-electron chi connectivity index (χ2n) is 4.17. The molecule has 0 N–H and O–H groups in total. The first-order valence-electron chi connectivity index (χ1n) is 6.26. The fourth-order valence-corrected chi connectivity index (χ4v) is 8.98. The first-order chi connectivity index (χ1) is 9.12. The van der Waals surface area contributed by atoms with Crippen LogP contribution in [0.2, 0.25) is 6.04 Å². The van der Waals surface area contributed by atoms with Gasteiger partial charge in [-0.2, -0.15) is 0 Å². The van der Waals surface area contributed by atoms with Crippen LogP contribution in [0.3, 0.4) is 0 Å². The highest BCUT2D eigenvalue weighted by molar-refractivity contribution is 8.26. The van der Waals surface area contributed by atoms with Gasteiger partial charge in [0.05, 0.1) is 0 Å². The molecule has 0 aliphatic carbocycles. The molecule has 0 radical (unpaired) electrons. The van der Waals surface area contributed by atoms with E-state index in [2.05, 4.69) is 4.57 Å². The van der Waals surface area contributed by atoms with Gasteiger partial charge in [-0.1, -0.05) is 11.2 Å². The minimum Gasteiger partial charge on any atom is -0.386 e. The predicted molar refractivity (Wildman–Crippen MR) is 80.0 cm³/mol. The fourth-order valence-electron chi connectivity index (χ4n) is 2.36. The Morgan fingerprint density at radius 2 is 1.63 bits per heavy atom. The van der Waals surface area contributed by atoms with Crippen LogP contribution in [0, 0.1) is 0 Å². The molecular weight excluding hydrogens is 302 g/mol. The monoisotopic (exact) mass is 327 g/mol. The van der Waals surface area contributed by atoms with Gasteiger partial charge >= 0.3 is 16.7 Å². The van der Waals surface area contributed by atoms with Crippen molar-refractivity contribution in [3.63, 3.8) is 0 Å². The molecule has 0 spiro atoms. The maximum atomic E-state index is 5.67. The van der Waals surface area contributed by atoms with Crippen molar-refractivity contribution in [2.24, 2.45) is 0 Å². The van der Waals surface area contributed by atoms with Gasteiger partial charge in [0.2, 0.25) is 0 Å². The minimum absolute atomic E-state index is 0.878. The third kappa shape index (κ3) is 4.02. The van der Waals surface area contributed by atoms with E-state index in [0.717, 1.165) is 31.3 Å². The highest BCUT2D eigenvalue weighted by Gasteiger charge is 2.47. The van der Waals surface area contributed by atoms with Crippen LogP contribution in [0.15, 0.2) is 0 Å². The van der Waals surface area contributed by atoms with Crippen LogP contribution < -0.4 is 0 Å². The second-order valence-corrected chi connectivity index (χ2v) is 12.8. The Morgan fingerprint density at radius 1 is 1.05 bits per heavy atom. The topological polar surface area (TPSA) is 49.4 Å². The Bertz CT molecular complexity index is 258. The van der Waals surface area contributed by atoms with Gasteiger partial charge in [0.1, 0.15) is 0 Å². The van der Waals surface area contributed by atoms with Gasteiger partial charge in [-0.25, -0.2) is 0 Å². The summed E-state index contributed by atoms with van der Waals surface area (Å²) >= 11 is 1.62. The molecule has 0 atom stereocenters. The van der Waals surface area contributed by atoms with Crippen LogP contribution in [0.1, 0.15) is 6.42 Å². The summed E-state index contributed by atoms with van der Waals surface area (Å²) in [7, 11) is 3.73. The Kier molecular flexibility index (Phi) is 7.50. The third-order valence-corrected chi connectivity index (χ3v) is 12.5. The van der Waals surface area contributed by atoms with Crippen molar-refractivity contribution in [1.82, 2.24) is 4.57 Å². The zero-order valence-electron chi connectivity index (χ0n) is 12.4. The Morgan fingerprint density at radius 3 is 2.11 bits per heavy atom. The maximum absolute atomic E-state index is 5.67. The maximum Gasteiger partial charge on any atom is 0.572 e. The molecule has 6 nitrogen and oxygen atoms in total. The molecule has 114 valence electrons. The SMILES string of the molecule is CO[Si](OC)(OC)SCCN1CCC[Si]1(OC)OC. The second kappa shape index (κ2) is 8.10. The molecule has 0 saturated carbocycles. The molecule has 0 bridgehead atoms. The van der Waals surface area contributed by atoms with Gasteiger partial charge in [0.15, 0.2) is 0 Å². The summed E-state index contributed by atoms with van der Waals surface area (Å²) in [5.74, 6) is 0.878. The first kappa shape index (κ1) is 17.6. The normalized spacial score (nSPS) is 20.1. The zero-order chi connectivity index (χ0) is 14.4. The zero-order valence-corrected chi connectivity index (χ0v) is 15.2. The predicted octanol–water partition coefficient (Wildman–Crippen LogP) is 1.03. The summed E-state index contributed by atoms with van der Waals surface area (Å²) < 4.78 is 29.9. The molecule has 1 saturated heterocycles. The summed E-state index contributed by atoms with van der Waals surface area (Å²) in [5.41, 5.74) is 0. The molecule has 0 unspecified atom stereocenters. The van der Waals surface area contributed by atoms with Gasteiger partial charge in [0.25, 0.3) is 0 Å². The molecular formula is C10H25NO5SSi2. The van der Waals surface area contributed by atoms with Crippen molar-refractivity contribution >= 4 is 27.9 Å². The van der Waals surface area contributed by atoms with Crippen LogP contribution in [-0.4, -0.2) is 75.6 Å². The molecule has 1 heterocycles. The number of rotatable bonds is 9. The van der Waals surface area contributed by atoms with Crippen LogP contribution >= 0.6 is 11.2 Å². The van der Waals surface area contributed by atoms with Crippen molar-refractivity contribution < 1.29 is 22.1 Å². The van der Waals surface area contributed by atoms with E-state index in [1.54, 1.807) is 46.8 Å². The molecule has 1 rings (SSSR count). The van der Waals surface area contributed by atoms with Gasteiger partial charge in [-0.05, 0) is 13.0 Å². The number of nitrogens with zero attached hydrogens (tertiary/aromatic N) is 1. The molecule has 1 fully saturated rings. The lowest BCUT2D eigenvalue weighted by Crippen LogP contribution is -2.54. The quantitative estimate of drug-likeness (QED) is 0.586. The standard InChI is InChI=1S/C10H25NO5SSi2/c1-12-18(13-2)10-6-7-11(18)8-9-17-19(14-3,15-4)16-5/h6-10H2,1-5H3. The summed E-state index contributed by atoms with van der Waals surface area (Å²) in [5, 5.41) is 0. The van der Waals surface area contributed by atoms with Crippen LogP contribution in [0.4, 0.5) is 0 Å². The van der Waals surface area contributed by atoms with E-state index < -0.39 is 16.7 Å². The van der Waals surface area contributed by atoms with E-state index >= 15 is 0 Å². The van der Waals surface area contributed by atoms with E-state index in [-0.39, 0.29) is 0 Å². The molecule has 0 aromatic heterocycles. The number of hydrogen-bond donors (Lipinski definition) is 0. The van der Waals surface area contributed by atoms with E-state index in [0.29, 0.717) is 0 Å². The Hall–Kier alpha value is 0.544. The van der Waals surface area contributed by atoms with Crippen molar-refractivity contribution in [3.8, 4) is 0 Å². The van der Waals surface area contributed by atoms with Gasteiger partial charge in [-0.3, -0.25) is 4.57 Å². The van der Waals surface area contributed by atoms with Crippen molar-refractivity contribution in [2.75, 3.05) is 54.4 Å². The smallest absolute Gasteiger partial charge is 0.386 e. The lowest BCUT2D eigenvalue weighted by Gasteiger charge is -2.32. The van der Waals surface area contributed by atoms with Gasteiger partial charge in [-0.15, -0.1) is 0 Å². The Labute approximate surface area is 122 Å². The average Bonchev–Trinajstić information content (AvgIpc) is 2.87. The van der Waals surface area contributed by atoms with E-state index in [9.17, 15) is 0 Å². The van der Waals surface area contributed by atoms with Crippen molar-refractivity contribution in [2.45, 2.75) is 12.5 Å². The minimum atomic E-state index is -2.53. The first-order valence-corrected chi connectivity index (χ1v) is 11.7. The van der Waals surface area contributed by atoms with E-state index in [4.69, 9.17) is 22.1 Å². The molecule has 1 aliphatic rings. The molecule has 19 heavy (non-hydrogen) atoms. The van der Waals surface area contributed by atoms with Crippen LogP contribution in [0.25, 0.3) is 0 Å².